The summed E-state index contributed by atoms with van der Waals surface area (Å²) in [5.74, 6) is 7.83. The number of hydrogen-bond acceptors (Lipinski definition) is 3. The van der Waals surface area contributed by atoms with Crippen molar-refractivity contribution in [1.29, 1.82) is 5.26 Å². The monoisotopic (exact) mass is 422 g/mol. The lowest BCUT2D eigenvalue weighted by atomic mass is 9.90. The van der Waals surface area contributed by atoms with Crippen LogP contribution < -0.4 is 0 Å². The van der Waals surface area contributed by atoms with E-state index < -0.39 is 0 Å². The average Bonchev–Trinajstić information content (AvgIpc) is 3.39. The van der Waals surface area contributed by atoms with Crippen molar-refractivity contribution in [1.82, 2.24) is 14.8 Å². The summed E-state index contributed by atoms with van der Waals surface area (Å²) >= 11 is 0. The molecular weight excluding hydrogens is 392 g/mol. The number of benzene rings is 2. The second-order valence-electron chi connectivity index (χ2n) is 8.28. The van der Waals surface area contributed by atoms with Crippen LogP contribution in [0.5, 0.6) is 0 Å². The Kier molecular flexibility index (Phi) is 6.96. The van der Waals surface area contributed by atoms with Gasteiger partial charge in [-0.1, -0.05) is 45.8 Å². The highest BCUT2D eigenvalue weighted by atomic mass is 15.3. The van der Waals surface area contributed by atoms with Crippen molar-refractivity contribution in [3.8, 4) is 35.0 Å². The molecule has 0 N–H and O–H groups in total. The van der Waals surface area contributed by atoms with Gasteiger partial charge in [0.25, 0.3) is 0 Å². The van der Waals surface area contributed by atoms with Crippen LogP contribution in [0.15, 0.2) is 43.0 Å². The second-order valence-corrected chi connectivity index (χ2v) is 8.28. The van der Waals surface area contributed by atoms with E-state index in [0.29, 0.717) is 23.7 Å². The van der Waals surface area contributed by atoms with Gasteiger partial charge in [-0.05, 0) is 84.7 Å². The number of allylic oxidation sites excluding steroid dienone is 1. The third-order valence-corrected chi connectivity index (χ3v) is 5.91. The first kappa shape index (κ1) is 23.0. The van der Waals surface area contributed by atoms with Gasteiger partial charge in [-0.2, -0.15) is 5.26 Å². The van der Waals surface area contributed by atoms with Crippen LogP contribution in [-0.2, 0) is 19.3 Å². The Balaban J connectivity index is 0.00000289. The van der Waals surface area contributed by atoms with Gasteiger partial charge in [0.1, 0.15) is 5.82 Å². The summed E-state index contributed by atoms with van der Waals surface area (Å²) in [7, 11) is 0. The molecule has 3 aromatic rings. The Hall–Kier alpha value is -3.63. The first-order chi connectivity index (χ1) is 15.0. The quantitative estimate of drug-likeness (QED) is 0.478. The Labute approximate surface area is 191 Å². The fourth-order valence-corrected chi connectivity index (χ4v) is 4.39. The molecule has 0 amide bonds. The topological polar surface area (TPSA) is 54.5 Å². The Morgan fingerprint density at radius 1 is 1.16 bits per heavy atom. The van der Waals surface area contributed by atoms with Crippen molar-refractivity contribution in [2.45, 2.75) is 59.8 Å². The molecule has 4 nitrogen and oxygen atoms in total. The molecule has 0 aliphatic heterocycles. The Morgan fingerprint density at radius 3 is 2.66 bits per heavy atom. The van der Waals surface area contributed by atoms with Crippen molar-refractivity contribution < 1.29 is 0 Å². The SMILES string of the molecule is C.C=CC#CCc1cc(C#N)c(-c2nnc(C)n2-c2ccc3c(c2)CCC3)cc1C(C)C. The number of nitrogens with zero attached hydrogens (tertiary/aromatic N) is 4. The normalized spacial score (nSPS) is 11.8. The predicted molar refractivity (Wildman–Crippen MR) is 131 cm³/mol. The van der Waals surface area contributed by atoms with E-state index in [0.717, 1.165) is 35.5 Å². The van der Waals surface area contributed by atoms with E-state index in [1.165, 1.54) is 23.1 Å². The van der Waals surface area contributed by atoms with Gasteiger partial charge in [0.15, 0.2) is 5.82 Å². The molecule has 1 aromatic heterocycles. The molecule has 1 heterocycles. The smallest absolute Gasteiger partial charge is 0.169 e. The van der Waals surface area contributed by atoms with Gasteiger partial charge in [-0.25, -0.2) is 0 Å². The highest BCUT2D eigenvalue weighted by Crippen LogP contribution is 2.33. The minimum Gasteiger partial charge on any atom is -0.279 e. The lowest BCUT2D eigenvalue weighted by Gasteiger charge is -2.16. The molecule has 0 bridgehead atoms. The van der Waals surface area contributed by atoms with E-state index in [1.807, 2.05) is 13.0 Å². The molecular formula is C28H30N4. The zero-order chi connectivity index (χ0) is 22.0. The fourth-order valence-electron chi connectivity index (χ4n) is 4.39. The molecule has 0 spiro atoms. The fraction of sp³-hybridized carbons (Fsp3) is 0.321. The molecule has 32 heavy (non-hydrogen) atoms. The number of hydrogen-bond donors (Lipinski definition) is 0. The molecule has 2 aromatic carbocycles. The Bertz CT molecular complexity index is 1260. The van der Waals surface area contributed by atoms with Crippen LogP contribution in [0.2, 0.25) is 0 Å². The van der Waals surface area contributed by atoms with E-state index in [-0.39, 0.29) is 7.43 Å². The van der Waals surface area contributed by atoms with Gasteiger partial charge in [0.2, 0.25) is 0 Å². The van der Waals surface area contributed by atoms with Crippen molar-refractivity contribution in [2.24, 2.45) is 0 Å². The minimum absolute atomic E-state index is 0. The second kappa shape index (κ2) is 9.67. The highest BCUT2D eigenvalue weighted by Gasteiger charge is 2.21. The van der Waals surface area contributed by atoms with Crippen molar-refractivity contribution in [3.05, 3.63) is 76.6 Å². The first-order valence-corrected chi connectivity index (χ1v) is 10.7. The minimum atomic E-state index is 0. The molecule has 0 saturated carbocycles. The van der Waals surface area contributed by atoms with E-state index in [4.69, 9.17) is 0 Å². The van der Waals surface area contributed by atoms with E-state index >= 15 is 0 Å². The Morgan fingerprint density at radius 2 is 1.94 bits per heavy atom. The highest BCUT2D eigenvalue weighted by molar-refractivity contribution is 5.69. The number of nitriles is 1. The van der Waals surface area contributed by atoms with Crippen molar-refractivity contribution in [3.63, 3.8) is 0 Å². The summed E-state index contributed by atoms with van der Waals surface area (Å²) in [6, 6.07) is 13.0. The zero-order valence-electron chi connectivity index (χ0n) is 18.4. The third-order valence-electron chi connectivity index (χ3n) is 5.91. The van der Waals surface area contributed by atoms with Crippen LogP contribution in [0.1, 0.15) is 67.3 Å². The molecule has 0 radical (unpaired) electrons. The number of rotatable bonds is 4. The number of aromatic nitrogens is 3. The molecule has 0 saturated heterocycles. The van der Waals surface area contributed by atoms with Gasteiger partial charge in [-0.15, -0.1) is 10.2 Å². The van der Waals surface area contributed by atoms with Gasteiger partial charge >= 0.3 is 0 Å². The molecule has 1 aliphatic rings. The zero-order valence-corrected chi connectivity index (χ0v) is 18.4. The number of aryl methyl sites for hydroxylation is 3. The summed E-state index contributed by atoms with van der Waals surface area (Å²) in [4.78, 5) is 0. The molecule has 4 rings (SSSR count). The van der Waals surface area contributed by atoms with Gasteiger partial charge in [0.05, 0.1) is 11.6 Å². The van der Waals surface area contributed by atoms with Crippen LogP contribution in [-0.4, -0.2) is 14.8 Å². The van der Waals surface area contributed by atoms with Gasteiger partial charge in [0, 0.05) is 17.7 Å². The lowest BCUT2D eigenvalue weighted by Crippen LogP contribution is -2.04. The van der Waals surface area contributed by atoms with Crippen molar-refractivity contribution >= 4 is 0 Å². The lowest BCUT2D eigenvalue weighted by molar-refractivity contribution is 0.851. The maximum atomic E-state index is 9.94. The maximum Gasteiger partial charge on any atom is 0.169 e. The maximum absolute atomic E-state index is 9.94. The van der Waals surface area contributed by atoms with Crippen LogP contribution in [0, 0.1) is 30.1 Å². The molecule has 1 aliphatic carbocycles. The molecule has 4 heteroatoms. The first-order valence-electron chi connectivity index (χ1n) is 10.7. The molecule has 0 atom stereocenters. The summed E-state index contributed by atoms with van der Waals surface area (Å²) in [5, 5.41) is 18.8. The van der Waals surface area contributed by atoms with Crippen LogP contribution >= 0.6 is 0 Å². The summed E-state index contributed by atoms with van der Waals surface area (Å²) in [5.41, 5.74) is 7.53. The predicted octanol–water partition coefficient (Wildman–Crippen LogP) is 6.09. The van der Waals surface area contributed by atoms with E-state index in [9.17, 15) is 5.26 Å². The number of fused-ring (bicyclic) bond motifs is 1. The summed E-state index contributed by atoms with van der Waals surface area (Å²) in [6.45, 7) is 9.93. The van der Waals surface area contributed by atoms with Crippen LogP contribution in [0.4, 0.5) is 0 Å². The average molecular weight is 423 g/mol. The summed E-state index contributed by atoms with van der Waals surface area (Å²) < 4.78 is 2.07. The summed E-state index contributed by atoms with van der Waals surface area (Å²) in [6.07, 6.45) is 5.65. The molecule has 162 valence electrons. The van der Waals surface area contributed by atoms with Gasteiger partial charge in [-0.3, -0.25) is 4.57 Å². The van der Waals surface area contributed by atoms with E-state index in [2.05, 4.69) is 77.4 Å². The molecule has 0 unspecified atom stereocenters. The molecule has 0 fully saturated rings. The largest absolute Gasteiger partial charge is 0.279 e. The van der Waals surface area contributed by atoms with Crippen LogP contribution in [0.25, 0.3) is 17.1 Å². The van der Waals surface area contributed by atoms with E-state index in [1.54, 1.807) is 6.08 Å². The van der Waals surface area contributed by atoms with Crippen molar-refractivity contribution in [2.75, 3.05) is 0 Å². The standard InChI is InChI=1S/C27H26N4.CH4/c1-5-6-7-9-22-14-23(17-28)26(16-25(22)18(2)3)27-30-29-19(4)31(27)24-13-12-20-10-8-11-21(20)15-24;/h5,12-16,18H,1,8-11H2,2-4H3;1H4. The van der Waals surface area contributed by atoms with Gasteiger partial charge < -0.3 is 0 Å². The third kappa shape index (κ3) is 4.23. The van der Waals surface area contributed by atoms with Crippen LogP contribution in [0.3, 0.4) is 0 Å².